The van der Waals surface area contributed by atoms with Crippen LogP contribution in [0.25, 0.3) is 0 Å². The molecule has 2 aromatic rings. The summed E-state index contributed by atoms with van der Waals surface area (Å²) in [5.41, 5.74) is 2.01. The van der Waals surface area contributed by atoms with Gasteiger partial charge in [-0.1, -0.05) is 36.8 Å². The molecule has 0 bridgehead atoms. The molecule has 0 aliphatic rings. The molecule has 142 valence electrons. The van der Waals surface area contributed by atoms with Gasteiger partial charge in [-0.15, -0.1) is 0 Å². The van der Waals surface area contributed by atoms with Crippen molar-refractivity contribution in [1.29, 1.82) is 0 Å². The molecule has 0 N–H and O–H groups in total. The number of aromatic nitrogens is 3. The van der Waals surface area contributed by atoms with Gasteiger partial charge >= 0.3 is 11.7 Å². The molecule has 0 unspecified atom stereocenters. The molecule has 0 saturated carbocycles. The van der Waals surface area contributed by atoms with E-state index in [9.17, 15) is 9.59 Å². The molecule has 7 nitrogen and oxygen atoms in total. The van der Waals surface area contributed by atoms with Crippen molar-refractivity contribution in [2.24, 2.45) is 0 Å². The molecule has 0 radical (unpaired) electrons. The van der Waals surface area contributed by atoms with Crippen LogP contribution < -0.4 is 5.69 Å². The van der Waals surface area contributed by atoms with E-state index in [-0.39, 0.29) is 24.2 Å². The predicted octanol–water partition coefficient (Wildman–Crippen LogP) is 1.85. The third kappa shape index (κ3) is 5.05. The van der Waals surface area contributed by atoms with E-state index in [4.69, 9.17) is 4.74 Å². The van der Waals surface area contributed by atoms with Crippen molar-refractivity contribution < 1.29 is 9.53 Å². The second-order valence-electron chi connectivity index (χ2n) is 6.88. The maximum Gasteiger partial charge on any atom is 0.346 e. The highest BCUT2D eigenvalue weighted by molar-refractivity contribution is 5.71. The van der Waals surface area contributed by atoms with Crippen LogP contribution in [0.15, 0.2) is 35.4 Å². The van der Waals surface area contributed by atoms with Gasteiger partial charge in [0.05, 0.1) is 19.1 Å². The van der Waals surface area contributed by atoms with Gasteiger partial charge in [-0.2, -0.15) is 5.10 Å². The molecule has 1 heterocycles. The maximum absolute atomic E-state index is 12.7. The number of esters is 1. The lowest BCUT2D eigenvalue weighted by Crippen LogP contribution is -2.36. The normalized spacial score (nSPS) is 13.6. The Hall–Kier alpha value is -2.41. The highest BCUT2D eigenvalue weighted by Gasteiger charge is 2.24. The number of rotatable bonds is 8. The lowest BCUT2D eigenvalue weighted by atomic mass is 10.1. The highest BCUT2D eigenvalue weighted by Crippen LogP contribution is 2.16. The molecule has 1 aromatic carbocycles. The molecule has 2 rings (SSSR count). The second kappa shape index (κ2) is 8.80. The van der Waals surface area contributed by atoms with Crippen LogP contribution in [0.5, 0.6) is 0 Å². The number of benzene rings is 1. The number of carbonyl (C=O) groups is 1. The van der Waals surface area contributed by atoms with Gasteiger partial charge in [-0.25, -0.2) is 9.48 Å². The minimum atomic E-state index is -0.437. The average molecular weight is 360 g/mol. The summed E-state index contributed by atoms with van der Waals surface area (Å²) in [6, 6.07) is 7.75. The van der Waals surface area contributed by atoms with Crippen molar-refractivity contribution in [1.82, 2.24) is 19.2 Å². The molecule has 26 heavy (non-hydrogen) atoms. The number of hydrogen-bond donors (Lipinski definition) is 0. The van der Waals surface area contributed by atoms with Gasteiger partial charge in [0.25, 0.3) is 0 Å². The third-order valence-electron chi connectivity index (χ3n) is 4.27. The number of hydrogen-bond acceptors (Lipinski definition) is 5. The molecule has 0 amide bonds. The summed E-state index contributed by atoms with van der Waals surface area (Å²) in [6.07, 6.45) is 1.74. The summed E-state index contributed by atoms with van der Waals surface area (Å²) >= 11 is 0. The van der Waals surface area contributed by atoms with Gasteiger partial charge < -0.3 is 4.74 Å². The Kier molecular flexibility index (Phi) is 6.74. The highest BCUT2D eigenvalue weighted by atomic mass is 16.5. The van der Waals surface area contributed by atoms with E-state index in [0.29, 0.717) is 13.0 Å². The van der Waals surface area contributed by atoms with Crippen molar-refractivity contribution in [3.05, 3.63) is 52.2 Å². The van der Waals surface area contributed by atoms with Crippen LogP contribution in [0.3, 0.4) is 0 Å². The zero-order chi connectivity index (χ0) is 19.3. The molecule has 2 atom stereocenters. The van der Waals surface area contributed by atoms with Crippen molar-refractivity contribution in [3.8, 4) is 0 Å². The summed E-state index contributed by atoms with van der Waals surface area (Å²) in [7, 11) is 3.61. The molecule has 0 saturated heterocycles. The molecule has 0 aliphatic heterocycles. The molecule has 7 heteroatoms. The lowest BCUT2D eigenvalue weighted by Gasteiger charge is -2.23. The molecule has 0 fully saturated rings. The van der Waals surface area contributed by atoms with Gasteiger partial charge in [0, 0.05) is 0 Å². The first-order valence-corrected chi connectivity index (χ1v) is 8.85. The van der Waals surface area contributed by atoms with E-state index in [0.717, 1.165) is 5.56 Å². The van der Waals surface area contributed by atoms with E-state index in [1.165, 1.54) is 10.2 Å². The molecular weight excluding hydrogens is 332 g/mol. The van der Waals surface area contributed by atoms with E-state index in [2.05, 4.69) is 5.10 Å². The van der Waals surface area contributed by atoms with Crippen LogP contribution in [0, 0.1) is 6.92 Å². The van der Waals surface area contributed by atoms with Crippen molar-refractivity contribution in [3.63, 3.8) is 0 Å². The monoisotopic (exact) mass is 360 g/mol. The van der Waals surface area contributed by atoms with Crippen molar-refractivity contribution in [2.45, 2.75) is 45.9 Å². The van der Waals surface area contributed by atoms with E-state index in [1.54, 1.807) is 36.8 Å². The fraction of sp³-hybridized carbons (Fsp3) is 0.526. The maximum atomic E-state index is 12.7. The van der Waals surface area contributed by atoms with Gasteiger partial charge in [0.1, 0.15) is 12.4 Å². The van der Waals surface area contributed by atoms with E-state index in [1.807, 2.05) is 38.1 Å². The number of likely N-dealkylation sites (N-methyl/N-ethyl adjacent to an activating group) is 1. The Labute approximate surface area is 154 Å². The van der Waals surface area contributed by atoms with Crippen LogP contribution in [0.4, 0.5) is 0 Å². The zero-order valence-electron chi connectivity index (χ0n) is 16.2. The fourth-order valence-corrected chi connectivity index (χ4v) is 2.86. The van der Waals surface area contributed by atoms with Crippen molar-refractivity contribution >= 4 is 5.97 Å². The standard InChI is InChI=1S/C19H28N4O3/c1-6-17(15(3)26-18(24)12-21(4)5)23-19(25)22(13-20-23)11-16-9-7-14(2)8-10-16/h7-10,13,15,17H,6,11-12H2,1-5H3/t15-,17-/m0/s1. The van der Waals surface area contributed by atoms with Gasteiger partial charge in [-0.05, 0) is 39.9 Å². The largest absolute Gasteiger partial charge is 0.459 e. The minimum Gasteiger partial charge on any atom is -0.459 e. The molecule has 1 aromatic heterocycles. The Bertz CT molecular complexity index is 777. The summed E-state index contributed by atoms with van der Waals surface area (Å²) in [5.74, 6) is -0.312. The fourth-order valence-electron chi connectivity index (χ4n) is 2.86. The van der Waals surface area contributed by atoms with Gasteiger partial charge in [0.15, 0.2) is 0 Å². The SMILES string of the molecule is CC[C@@H]([C@H](C)OC(=O)CN(C)C)n1ncn(Cc2ccc(C)cc2)c1=O. The van der Waals surface area contributed by atoms with Crippen molar-refractivity contribution in [2.75, 3.05) is 20.6 Å². The Morgan fingerprint density at radius 2 is 1.92 bits per heavy atom. The number of nitrogens with zero attached hydrogens (tertiary/aromatic N) is 4. The number of carbonyl (C=O) groups excluding carboxylic acids is 1. The minimum absolute atomic E-state index is 0.201. The first-order valence-electron chi connectivity index (χ1n) is 8.85. The van der Waals surface area contributed by atoms with Gasteiger partial charge in [0.2, 0.25) is 0 Å². The molecular formula is C19H28N4O3. The van der Waals surface area contributed by atoms with Crippen LogP contribution in [0.2, 0.25) is 0 Å². The first-order chi connectivity index (χ1) is 12.3. The van der Waals surface area contributed by atoms with E-state index < -0.39 is 6.10 Å². The topological polar surface area (TPSA) is 69.4 Å². The smallest absolute Gasteiger partial charge is 0.346 e. The lowest BCUT2D eigenvalue weighted by molar-refractivity contribution is -0.151. The predicted molar refractivity (Wildman–Crippen MR) is 100 cm³/mol. The molecule has 0 aliphatic carbocycles. The van der Waals surface area contributed by atoms with Crippen LogP contribution in [0.1, 0.15) is 37.4 Å². The first kappa shape index (κ1) is 19.9. The third-order valence-corrected chi connectivity index (χ3v) is 4.27. The Morgan fingerprint density at radius 1 is 1.27 bits per heavy atom. The summed E-state index contributed by atoms with van der Waals surface area (Å²) in [5, 5.41) is 4.26. The van der Waals surface area contributed by atoms with Gasteiger partial charge in [-0.3, -0.25) is 14.3 Å². The summed E-state index contributed by atoms with van der Waals surface area (Å²) in [4.78, 5) is 26.4. The Balaban J connectivity index is 2.13. The van der Waals surface area contributed by atoms with E-state index >= 15 is 0 Å². The average Bonchev–Trinajstić information content (AvgIpc) is 2.91. The zero-order valence-corrected chi connectivity index (χ0v) is 16.2. The van der Waals surface area contributed by atoms with Crippen LogP contribution in [-0.4, -0.2) is 52.0 Å². The van der Waals surface area contributed by atoms with Crippen LogP contribution >= 0.6 is 0 Å². The Morgan fingerprint density at radius 3 is 2.50 bits per heavy atom. The van der Waals surface area contributed by atoms with Crippen LogP contribution in [-0.2, 0) is 16.1 Å². The second-order valence-corrected chi connectivity index (χ2v) is 6.88. The summed E-state index contributed by atoms with van der Waals surface area (Å²) < 4.78 is 8.46. The number of ether oxygens (including phenoxy) is 1. The summed E-state index contributed by atoms with van der Waals surface area (Å²) in [6.45, 7) is 6.44. The molecule has 0 spiro atoms. The number of aryl methyl sites for hydroxylation is 1. The quantitative estimate of drug-likeness (QED) is 0.672.